The molecule has 1 aromatic heterocycles. The molecular formula is C14H16FNO2S. The fourth-order valence-electron chi connectivity index (χ4n) is 1.57. The number of halogens is 1. The van der Waals surface area contributed by atoms with Gasteiger partial charge in [-0.15, -0.1) is 11.3 Å². The molecule has 0 spiro atoms. The molecule has 0 aliphatic heterocycles. The lowest BCUT2D eigenvalue weighted by atomic mass is 10.2. The molecule has 3 nitrogen and oxygen atoms in total. The standard InChI is InChI=1S/C14H16FNO2S/c1-9(2)14-16-11(8-19-14)7-18-13-4-3-10(6-17)5-12(13)15/h3-5,8-9,17H,6-7H2,1-2H3. The lowest BCUT2D eigenvalue weighted by Crippen LogP contribution is -1.99. The molecule has 1 heterocycles. The van der Waals surface area contributed by atoms with E-state index < -0.39 is 5.82 Å². The third-order valence-electron chi connectivity index (χ3n) is 2.62. The third kappa shape index (κ3) is 3.52. The first-order chi connectivity index (χ1) is 9.10. The Bertz CT molecular complexity index is 554. The molecule has 19 heavy (non-hydrogen) atoms. The van der Waals surface area contributed by atoms with Crippen LogP contribution in [0.1, 0.15) is 36.0 Å². The highest BCUT2D eigenvalue weighted by Gasteiger charge is 2.08. The van der Waals surface area contributed by atoms with Gasteiger partial charge in [0, 0.05) is 11.3 Å². The summed E-state index contributed by atoms with van der Waals surface area (Å²) in [7, 11) is 0. The zero-order chi connectivity index (χ0) is 13.8. The largest absolute Gasteiger partial charge is 0.484 e. The predicted octanol–water partition coefficient (Wildman–Crippen LogP) is 3.48. The third-order valence-corrected chi connectivity index (χ3v) is 3.81. The summed E-state index contributed by atoms with van der Waals surface area (Å²) in [4.78, 5) is 4.42. The normalized spacial score (nSPS) is 11.0. The molecule has 0 saturated heterocycles. The van der Waals surface area contributed by atoms with Crippen LogP contribution >= 0.6 is 11.3 Å². The molecule has 0 saturated carbocycles. The van der Waals surface area contributed by atoms with Gasteiger partial charge in [-0.3, -0.25) is 0 Å². The quantitative estimate of drug-likeness (QED) is 0.912. The second-order valence-electron chi connectivity index (χ2n) is 4.54. The Hall–Kier alpha value is -1.46. The van der Waals surface area contributed by atoms with Crippen LogP contribution in [0.4, 0.5) is 4.39 Å². The number of aliphatic hydroxyl groups excluding tert-OH is 1. The molecule has 0 radical (unpaired) electrons. The number of aromatic nitrogens is 1. The first kappa shape index (κ1) is 14.0. The van der Waals surface area contributed by atoms with Gasteiger partial charge < -0.3 is 9.84 Å². The highest BCUT2D eigenvalue weighted by molar-refractivity contribution is 7.09. The van der Waals surface area contributed by atoms with E-state index >= 15 is 0 Å². The van der Waals surface area contributed by atoms with Crippen LogP contribution in [0.15, 0.2) is 23.6 Å². The van der Waals surface area contributed by atoms with Crippen LogP contribution in [0.2, 0.25) is 0 Å². The second kappa shape index (κ2) is 6.12. The van der Waals surface area contributed by atoms with Crippen LogP contribution in [0.3, 0.4) is 0 Å². The SMILES string of the molecule is CC(C)c1nc(COc2ccc(CO)cc2F)cs1. The smallest absolute Gasteiger partial charge is 0.165 e. The highest BCUT2D eigenvalue weighted by atomic mass is 32.1. The van der Waals surface area contributed by atoms with Crippen molar-refractivity contribution in [3.63, 3.8) is 0 Å². The summed E-state index contributed by atoms with van der Waals surface area (Å²) < 4.78 is 19.0. The zero-order valence-electron chi connectivity index (χ0n) is 10.9. The number of benzene rings is 1. The fraction of sp³-hybridized carbons (Fsp3) is 0.357. The Morgan fingerprint density at radius 2 is 2.21 bits per heavy atom. The molecular weight excluding hydrogens is 265 g/mol. The first-order valence-electron chi connectivity index (χ1n) is 6.06. The zero-order valence-corrected chi connectivity index (χ0v) is 11.7. The Morgan fingerprint density at radius 3 is 2.79 bits per heavy atom. The lowest BCUT2D eigenvalue weighted by molar-refractivity contribution is 0.275. The van der Waals surface area contributed by atoms with Crippen molar-refractivity contribution < 1.29 is 14.2 Å². The molecule has 1 aromatic carbocycles. The monoisotopic (exact) mass is 281 g/mol. The summed E-state index contributed by atoms with van der Waals surface area (Å²) in [5, 5.41) is 11.9. The van der Waals surface area contributed by atoms with Crippen molar-refractivity contribution in [2.75, 3.05) is 0 Å². The van der Waals surface area contributed by atoms with E-state index in [1.165, 1.54) is 12.1 Å². The van der Waals surface area contributed by atoms with Crippen LogP contribution in [0, 0.1) is 5.82 Å². The number of aliphatic hydroxyl groups is 1. The van der Waals surface area contributed by atoms with Gasteiger partial charge in [0.15, 0.2) is 11.6 Å². The molecule has 0 fully saturated rings. The van der Waals surface area contributed by atoms with Crippen molar-refractivity contribution in [2.45, 2.75) is 33.0 Å². The van der Waals surface area contributed by atoms with E-state index in [0.29, 0.717) is 11.5 Å². The predicted molar refractivity (Wildman–Crippen MR) is 72.9 cm³/mol. The molecule has 5 heteroatoms. The van der Waals surface area contributed by atoms with Crippen LogP contribution in [0.25, 0.3) is 0 Å². The van der Waals surface area contributed by atoms with Gasteiger partial charge in [-0.25, -0.2) is 9.37 Å². The van der Waals surface area contributed by atoms with Crippen molar-refractivity contribution in [3.05, 3.63) is 45.7 Å². The molecule has 0 aliphatic carbocycles. The van der Waals surface area contributed by atoms with Gasteiger partial charge >= 0.3 is 0 Å². The topological polar surface area (TPSA) is 42.4 Å². The van der Waals surface area contributed by atoms with Crippen LogP contribution in [0.5, 0.6) is 5.75 Å². The number of nitrogens with zero attached hydrogens (tertiary/aromatic N) is 1. The van der Waals surface area contributed by atoms with Crippen LogP contribution in [-0.2, 0) is 13.2 Å². The Labute approximate surface area is 115 Å². The van der Waals surface area contributed by atoms with Gasteiger partial charge in [0.05, 0.1) is 17.3 Å². The summed E-state index contributed by atoms with van der Waals surface area (Å²) in [6.45, 7) is 4.23. The fourth-order valence-corrected chi connectivity index (χ4v) is 2.39. The van der Waals surface area contributed by atoms with Gasteiger partial charge in [0.1, 0.15) is 6.61 Å². The number of rotatable bonds is 5. The van der Waals surface area contributed by atoms with Crippen molar-refractivity contribution in [1.29, 1.82) is 0 Å². The summed E-state index contributed by atoms with van der Waals surface area (Å²) in [6, 6.07) is 4.44. The molecule has 1 N–H and O–H groups in total. The minimum absolute atomic E-state index is 0.177. The van der Waals surface area contributed by atoms with E-state index in [9.17, 15) is 4.39 Å². The second-order valence-corrected chi connectivity index (χ2v) is 5.43. The van der Waals surface area contributed by atoms with E-state index in [0.717, 1.165) is 10.7 Å². The summed E-state index contributed by atoms with van der Waals surface area (Å²) in [5.41, 5.74) is 1.33. The van der Waals surface area contributed by atoms with Crippen molar-refractivity contribution in [2.24, 2.45) is 0 Å². The molecule has 0 aliphatic rings. The minimum Gasteiger partial charge on any atom is -0.484 e. The van der Waals surface area contributed by atoms with Crippen molar-refractivity contribution >= 4 is 11.3 Å². The minimum atomic E-state index is -0.467. The van der Waals surface area contributed by atoms with Gasteiger partial charge in [-0.1, -0.05) is 19.9 Å². The van der Waals surface area contributed by atoms with Gasteiger partial charge in [-0.2, -0.15) is 0 Å². The number of hydrogen-bond donors (Lipinski definition) is 1. The molecule has 0 bridgehead atoms. The average Bonchev–Trinajstić information content (AvgIpc) is 2.86. The van der Waals surface area contributed by atoms with Crippen molar-refractivity contribution in [3.8, 4) is 5.75 Å². The maximum absolute atomic E-state index is 13.6. The molecule has 2 rings (SSSR count). The van der Waals surface area contributed by atoms with E-state index in [4.69, 9.17) is 9.84 Å². The first-order valence-corrected chi connectivity index (χ1v) is 6.94. The Morgan fingerprint density at radius 1 is 1.42 bits per heavy atom. The highest BCUT2D eigenvalue weighted by Crippen LogP contribution is 2.22. The van der Waals surface area contributed by atoms with E-state index in [1.807, 2.05) is 5.38 Å². The number of hydrogen-bond acceptors (Lipinski definition) is 4. The average molecular weight is 281 g/mol. The van der Waals surface area contributed by atoms with E-state index in [2.05, 4.69) is 18.8 Å². The summed E-state index contributed by atoms with van der Waals surface area (Å²) in [6.07, 6.45) is 0. The molecule has 0 atom stereocenters. The summed E-state index contributed by atoms with van der Waals surface area (Å²) in [5.74, 6) is 0.0986. The van der Waals surface area contributed by atoms with E-state index in [-0.39, 0.29) is 19.0 Å². The molecule has 0 amide bonds. The van der Waals surface area contributed by atoms with Gasteiger partial charge in [0.2, 0.25) is 0 Å². The summed E-state index contributed by atoms with van der Waals surface area (Å²) >= 11 is 1.59. The van der Waals surface area contributed by atoms with Gasteiger partial charge in [0.25, 0.3) is 0 Å². The van der Waals surface area contributed by atoms with Crippen LogP contribution < -0.4 is 4.74 Å². The maximum Gasteiger partial charge on any atom is 0.165 e. The van der Waals surface area contributed by atoms with Crippen molar-refractivity contribution in [1.82, 2.24) is 4.98 Å². The Kier molecular flexibility index (Phi) is 4.50. The van der Waals surface area contributed by atoms with E-state index in [1.54, 1.807) is 17.4 Å². The van der Waals surface area contributed by atoms with Gasteiger partial charge in [-0.05, 0) is 17.7 Å². The lowest BCUT2D eigenvalue weighted by Gasteiger charge is -2.06. The Balaban J connectivity index is 2.01. The molecule has 0 unspecified atom stereocenters. The maximum atomic E-state index is 13.6. The number of ether oxygens (including phenoxy) is 1. The number of thiazole rings is 1. The molecule has 2 aromatic rings. The van der Waals surface area contributed by atoms with Crippen LogP contribution in [-0.4, -0.2) is 10.1 Å². The molecule has 102 valence electrons.